The van der Waals surface area contributed by atoms with Gasteiger partial charge in [-0.05, 0) is 44.1 Å². The monoisotopic (exact) mass is 467 g/mol. The van der Waals surface area contributed by atoms with E-state index in [9.17, 15) is 13.9 Å². The van der Waals surface area contributed by atoms with E-state index in [4.69, 9.17) is 4.52 Å². The molecule has 1 N–H and O–H groups in total. The van der Waals surface area contributed by atoms with Crippen LogP contribution >= 0.6 is 0 Å². The van der Waals surface area contributed by atoms with Gasteiger partial charge in [-0.25, -0.2) is 18.4 Å². The Morgan fingerprint density at radius 1 is 1.12 bits per heavy atom. The number of likely N-dealkylation sites (tertiary alicyclic amines) is 1. The molecular formula is C23H23F2N7O2. The van der Waals surface area contributed by atoms with Crippen LogP contribution in [0.2, 0.25) is 0 Å². The number of benzene rings is 1. The summed E-state index contributed by atoms with van der Waals surface area (Å²) in [6.07, 6.45) is 7.63. The van der Waals surface area contributed by atoms with E-state index in [2.05, 4.69) is 30.1 Å². The molecule has 1 saturated heterocycles. The Morgan fingerprint density at radius 2 is 1.97 bits per heavy atom. The third-order valence-corrected chi connectivity index (χ3v) is 6.11. The third kappa shape index (κ3) is 4.70. The van der Waals surface area contributed by atoms with Gasteiger partial charge in [0.2, 0.25) is 11.7 Å². The van der Waals surface area contributed by atoms with E-state index in [1.165, 1.54) is 23.4 Å². The van der Waals surface area contributed by atoms with E-state index >= 15 is 0 Å². The lowest BCUT2D eigenvalue weighted by Crippen LogP contribution is -2.47. The summed E-state index contributed by atoms with van der Waals surface area (Å²) >= 11 is 0. The molecule has 1 unspecified atom stereocenters. The van der Waals surface area contributed by atoms with Crippen LogP contribution in [0.1, 0.15) is 30.2 Å². The van der Waals surface area contributed by atoms with Crippen LogP contribution in [0.15, 0.2) is 59.9 Å². The van der Waals surface area contributed by atoms with Crippen LogP contribution in [0.5, 0.6) is 0 Å². The molecule has 5 rings (SSSR count). The van der Waals surface area contributed by atoms with Gasteiger partial charge in [-0.15, -0.1) is 0 Å². The van der Waals surface area contributed by atoms with Gasteiger partial charge >= 0.3 is 0 Å². The molecule has 4 aromatic rings. The van der Waals surface area contributed by atoms with Gasteiger partial charge in [0, 0.05) is 42.0 Å². The van der Waals surface area contributed by atoms with Crippen molar-refractivity contribution in [3.8, 4) is 11.4 Å². The van der Waals surface area contributed by atoms with Gasteiger partial charge < -0.3 is 14.5 Å². The molecule has 0 saturated carbocycles. The van der Waals surface area contributed by atoms with Crippen molar-refractivity contribution in [1.82, 2.24) is 34.8 Å². The standard InChI is InChI=1S/C23H23F2N7O2/c24-18-3-4-19(20(25)10-18)23(33,13-32-15-27-14-28-32)12-31-8-5-16(6-9-31)22-29-21(30-34-22)17-2-1-7-26-11-17/h1-4,7,10-11,14-16,33H,5-6,8-9,12-13H2. The molecular weight excluding hydrogens is 444 g/mol. The molecule has 1 aliphatic heterocycles. The van der Waals surface area contributed by atoms with Crippen molar-refractivity contribution in [2.24, 2.45) is 0 Å². The van der Waals surface area contributed by atoms with Gasteiger partial charge in [0.1, 0.15) is 29.9 Å². The summed E-state index contributed by atoms with van der Waals surface area (Å²) in [5, 5.41) is 19.7. The number of β-amino-alcohol motifs (C(OH)–C–C–N with tert-alkyl or cyclic N) is 1. The molecule has 0 bridgehead atoms. The fraction of sp³-hybridized carbons (Fsp3) is 0.348. The number of hydrogen-bond acceptors (Lipinski definition) is 8. The number of pyridine rings is 1. The highest BCUT2D eigenvalue weighted by Gasteiger charge is 2.37. The van der Waals surface area contributed by atoms with Crippen LogP contribution in [-0.2, 0) is 12.1 Å². The quantitative estimate of drug-likeness (QED) is 0.442. The van der Waals surface area contributed by atoms with Crippen LogP contribution < -0.4 is 0 Å². The molecule has 0 radical (unpaired) electrons. The Balaban J connectivity index is 1.29. The molecule has 11 heteroatoms. The highest BCUT2D eigenvalue weighted by Crippen LogP contribution is 2.32. The topological polar surface area (TPSA) is 106 Å². The second kappa shape index (κ2) is 9.35. The Hall–Kier alpha value is -3.57. The van der Waals surface area contributed by atoms with Crippen LogP contribution in [0.4, 0.5) is 8.78 Å². The summed E-state index contributed by atoms with van der Waals surface area (Å²) in [4.78, 5) is 14.6. The molecule has 3 aromatic heterocycles. The number of aromatic nitrogens is 6. The minimum Gasteiger partial charge on any atom is -0.382 e. The van der Waals surface area contributed by atoms with Crippen molar-refractivity contribution in [3.63, 3.8) is 0 Å². The largest absolute Gasteiger partial charge is 0.382 e. The predicted molar refractivity (Wildman–Crippen MR) is 116 cm³/mol. The number of aliphatic hydroxyl groups is 1. The van der Waals surface area contributed by atoms with Crippen molar-refractivity contribution in [3.05, 3.63) is 78.5 Å². The van der Waals surface area contributed by atoms with E-state index in [-0.39, 0.29) is 24.6 Å². The minimum atomic E-state index is -1.63. The number of rotatable bonds is 7. The second-order valence-electron chi connectivity index (χ2n) is 8.50. The SMILES string of the molecule is OC(CN1CCC(c2nc(-c3cccnc3)no2)CC1)(Cn1cncn1)c1ccc(F)cc1F. The summed E-state index contributed by atoms with van der Waals surface area (Å²) in [7, 11) is 0. The third-order valence-electron chi connectivity index (χ3n) is 6.11. The fourth-order valence-electron chi connectivity index (χ4n) is 4.39. The molecule has 0 aliphatic carbocycles. The lowest BCUT2D eigenvalue weighted by Gasteiger charge is -2.37. The van der Waals surface area contributed by atoms with Crippen molar-refractivity contribution in [2.45, 2.75) is 30.9 Å². The van der Waals surface area contributed by atoms with Crippen molar-refractivity contribution in [2.75, 3.05) is 19.6 Å². The fourth-order valence-corrected chi connectivity index (χ4v) is 4.39. The van der Waals surface area contributed by atoms with Crippen molar-refractivity contribution in [1.29, 1.82) is 0 Å². The first-order valence-corrected chi connectivity index (χ1v) is 11.0. The number of nitrogens with zero attached hydrogens (tertiary/aromatic N) is 7. The zero-order valence-corrected chi connectivity index (χ0v) is 18.3. The number of hydrogen-bond donors (Lipinski definition) is 1. The van der Waals surface area contributed by atoms with Crippen LogP contribution in [-0.4, -0.2) is 59.5 Å². The second-order valence-corrected chi connectivity index (χ2v) is 8.50. The Labute approximate surface area is 194 Å². The van der Waals surface area contributed by atoms with E-state index in [1.807, 2.05) is 12.1 Å². The molecule has 1 fully saturated rings. The summed E-state index contributed by atoms with van der Waals surface area (Å²) in [6.45, 7) is 1.40. The first kappa shape index (κ1) is 22.2. The summed E-state index contributed by atoms with van der Waals surface area (Å²) < 4.78 is 35.1. The smallest absolute Gasteiger partial charge is 0.230 e. The molecule has 1 aliphatic rings. The Morgan fingerprint density at radius 3 is 2.68 bits per heavy atom. The maximum atomic E-state index is 14.7. The van der Waals surface area contributed by atoms with Crippen molar-refractivity contribution < 1.29 is 18.4 Å². The summed E-state index contributed by atoms with van der Waals surface area (Å²) in [5.74, 6) is -0.345. The first-order valence-electron chi connectivity index (χ1n) is 11.0. The molecule has 4 heterocycles. The molecule has 9 nitrogen and oxygen atoms in total. The minimum absolute atomic E-state index is 0.0181. The highest BCUT2D eigenvalue weighted by atomic mass is 19.1. The molecule has 34 heavy (non-hydrogen) atoms. The van der Waals surface area contributed by atoms with Crippen molar-refractivity contribution >= 4 is 0 Å². The number of halogens is 2. The van der Waals surface area contributed by atoms with Crippen LogP contribution in [0.3, 0.4) is 0 Å². The Bertz CT molecular complexity index is 1230. The maximum Gasteiger partial charge on any atom is 0.230 e. The first-order chi connectivity index (χ1) is 16.5. The van der Waals surface area contributed by atoms with Gasteiger partial charge in [-0.3, -0.25) is 4.98 Å². The summed E-state index contributed by atoms with van der Waals surface area (Å²) in [5.41, 5.74) is -0.824. The average Bonchev–Trinajstić information content (AvgIpc) is 3.52. The van der Waals surface area contributed by atoms with E-state index < -0.39 is 17.2 Å². The van der Waals surface area contributed by atoms with E-state index in [0.717, 1.165) is 30.5 Å². The average molecular weight is 467 g/mol. The molecule has 176 valence electrons. The highest BCUT2D eigenvalue weighted by molar-refractivity contribution is 5.51. The summed E-state index contributed by atoms with van der Waals surface area (Å²) in [6, 6.07) is 6.89. The van der Waals surface area contributed by atoms with Crippen LogP contribution in [0, 0.1) is 11.6 Å². The van der Waals surface area contributed by atoms with Gasteiger partial charge in [-0.1, -0.05) is 11.2 Å². The molecule has 0 amide bonds. The van der Waals surface area contributed by atoms with Gasteiger partial charge in [0.15, 0.2) is 0 Å². The van der Waals surface area contributed by atoms with Crippen LogP contribution in [0.25, 0.3) is 11.4 Å². The Kier molecular flexibility index (Phi) is 6.12. The normalized spacial score (nSPS) is 17.0. The molecule has 1 aromatic carbocycles. The maximum absolute atomic E-state index is 14.7. The zero-order valence-electron chi connectivity index (χ0n) is 18.3. The zero-order chi connectivity index (χ0) is 23.5. The lowest BCUT2D eigenvalue weighted by molar-refractivity contribution is -0.0271. The lowest BCUT2D eigenvalue weighted by atomic mass is 9.90. The van der Waals surface area contributed by atoms with Gasteiger partial charge in [0.25, 0.3) is 0 Å². The molecule has 0 spiro atoms. The van der Waals surface area contributed by atoms with Gasteiger partial charge in [0.05, 0.1) is 6.54 Å². The predicted octanol–water partition coefficient (Wildman–Crippen LogP) is 2.77. The van der Waals surface area contributed by atoms with Gasteiger partial charge in [-0.2, -0.15) is 10.1 Å². The van der Waals surface area contributed by atoms with E-state index in [0.29, 0.717) is 24.8 Å². The number of piperidine rings is 1. The van der Waals surface area contributed by atoms with E-state index in [1.54, 1.807) is 12.4 Å². The molecule has 1 atom stereocenters.